The van der Waals surface area contributed by atoms with Gasteiger partial charge < -0.3 is 20.1 Å². The van der Waals surface area contributed by atoms with Crippen LogP contribution in [0.25, 0.3) is 21.9 Å². The molecule has 1 aliphatic rings. The van der Waals surface area contributed by atoms with Gasteiger partial charge in [-0.15, -0.1) is 0 Å². The van der Waals surface area contributed by atoms with Crippen LogP contribution in [0.1, 0.15) is 19.5 Å². The maximum atomic E-state index is 5.53. The average molecular weight is 403 g/mol. The quantitative estimate of drug-likeness (QED) is 0.523. The Labute approximate surface area is 174 Å². The zero-order valence-corrected chi connectivity index (χ0v) is 17.2. The van der Waals surface area contributed by atoms with Gasteiger partial charge in [-0.05, 0) is 36.6 Å². The van der Waals surface area contributed by atoms with Crippen molar-refractivity contribution >= 4 is 39.3 Å². The lowest BCUT2D eigenvalue weighted by molar-refractivity contribution is 0.439. The van der Waals surface area contributed by atoms with Crippen LogP contribution in [-0.2, 0) is 6.42 Å². The first-order chi connectivity index (χ1) is 14.7. The van der Waals surface area contributed by atoms with Crippen molar-refractivity contribution in [1.82, 2.24) is 25.4 Å². The number of nitrogens with one attached hydrogen (secondary N) is 2. The molecule has 8 nitrogen and oxygen atoms in total. The van der Waals surface area contributed by atoms with Crippen molar-refractivity contribution in [1.29, 1.82) is 0 Å². The van der Waals surface area contributed by atoms with Gasteiger partial charge in [-0.2, -0.15) is 0 Å². The lowest BCUT2D eigenvalue weighted by Crippen LogP contribution is -2.43. The number of anilines is 3. The van der Waals surface area contributed by atoms with Gasteiger partial charge in [-0.1, -0.05) is 19.0 Å². The molecule has 0 radical (unpaired) electrons. The van der Waals surface area contributed by atoms with Gasteiger partial charge in [0.05, 0.1) is 28.5 Å². The summed E-state index contributed by atoms with van der Waals surface area (Å²) in [6.45, 7) is 8.33. The smallest absolute Gasteiger partial charge is 0.228 e. The summed E-state index contributed by atoms with van der Waals surface area (Å²) in [5, 5.41) is 12.8. The van der Waals surface area contributed by atoms with E-state index in [0.717, 1.165) is 65.9 Å². The molecule has 1 saturated heterocycles. The van der Waals surface area contributed by atoms with Crippen LogP contribution in [0.5, 0.6) is 0 Å². The predicted molar refractivity (Wildman–Crippen MR) is 118 cm³/mol. The molecule has 3 aromatic heterocycles. The van der Waals surface area contributed by atoms with Gasteiger partial charge in [0.1, 0.15) is 5.82 Å². The molecule has 0 aliphatic carbocycles. The van der Waals surface area contributed by atoms with Crippen LogP contribution in [0, 0.1) is 5.92 Å². The predicted octanol–water partition coefficient (Wildman–Crippen LogP) is 3.52. The number of pyridine rings is 1. The fraction of sp³-hybridized carbons (Fsp3) is 0.364. The van der Waals surface area contributed by atoms with E-state index < -0.39 is 0 Å². The van der Waals surface area contributed by atoms with Gasteiger partial charge >= 0.3 is 0 Å². The summed E-state index contributed by atoms with van der Waals surface area (Å²) in [4.78, 5) is 16.1. The molecule has 0 spiro atoms. The van der Waals surface area contributed by atoms with Crippen molar-refractivity contribution in [2.24, 2.45) is 5.92 Å². The first kappa shape index (κ1) is 18.7. The topological polar surface area (TPSA) is 92.0 Å². The first-order valence-corrected chi connectivity index (χ1v) is 10.4. The summed E-state index contributed by atoms with van der Waals surface area (Å²) < 4.78 is 5.53. The van der Waals surface area contributed by atoms with Crippen molar-refractivity contribution in [3.05, 3.63) is 42.4 Å². The molecule has 1 aliphatic heterocycles. The highest BCUT2D eigenvalue weighted by atomic mass is 16.5. The van der Waals surface area contributed by atoms with Gasteiger partial charge in [-0.25, -0.2) is 15.0 Å². The third-order valence-corrected chi connectivity index (χ3v) is 5.33. The fourth-order valence-electron chi connectivity index (χ4n) is 3.85. The molecule has 0 bridgehead atoms. The molecule has 2 N–H and O–H groups in total. The number of benzene rings is 1. The lowest BCUT2D eigenvalue weighted by atomic mass is 10.0. The largest absolute Gasteiger partial charge is 0.368 e. The minimum atomic E-state index is 0.478. The van der Waals surface area contributed by atoms with Crippen LogP contribution in [0.2, 0.25) is 0 Å². The Hall–Kier alpha value is -3.26. The van der Waals surface area contributed by atoms with Crippen molar-refractivity contribution < 1.29 is 4.52 Å². The molecule has 154 valence electrons. The standard InChI is InChI=1S/C22H25N7O/c1-14(2)11-17-20-18(30-28-17)5-3-15-12-25-22(27-21(15)20)26-19-6-4-16(13-24-19)29-9-7-23-8-10-29/h3-6,12-14,23H,7-11H2,1-2H3,(H,24,25,26,27). The van der Waals surface area contributed by atoms with E-state index in [1.165, 1.54) is 0 Å². The Balaban J connectivity index is 1.44. The van der Waals surface area contributed by atoms with E-state index in [4.69, 9.17) is 9.51 Å². The molecule has 1 fully saturated rings. The summed E-state index contributed by atoms with van der Waals surface area (Å²) in [7, 11) is 0. The highest BCUT2D eigenvalue weighted by Crippen LogP contribution is 2.29. The Morgan fingerprint density at radius 3 is 2.73 bits per heavy atom. The number of fused-ring (bicyclic) bond motifs is 3. The molecule has 30 heavy (non-hydrogen) atoms. The Morgan fingerprint density at radius 1 is 1.10 bits per heavy atom. The second-order valence-corrected chi connectivity index (χ2v) is 8.06. The highest BCUT2D eigenvalue weighted by Gasteiger charge is 2.15. The molecule has 1 aromatic carbocycles. The van der Waals surface area contributed by atoms with Crippen molar-refractivity contribution in [3.63, 3.8) is 0 Å². The molecule has 5 rings (SSSR count). The Bertz CT molecular complexity index is 1160. The van der Waals surface area contributed by atoms with E-state index >= 15 is 0 Å². The number of piperazine rings is 1. The van der Waals surface area contributed by atoms with Crippen molar-refractivity contribution in [3.8, 4) is 0 Å². The van der Waals surface area contributed by atoms with E-state index in [9.17, 15) is 0 Å². The van der Waals surface area contributed by atoms with E-state index in [0.29, 0.717) is 17.7 Å². The number of hydrogen-bond donors (Lipinski definition) is 2. The molecule has 8 heteroatoms. The van der Waals surface area contributed by atoms with Crippen LogP contribution in [0.3, 0.4) is 0 Å². The normalized spacial score (nSPS) is 14.7. The van der Waals surface area contributed by atoms with Gasteiger partial charge in [0, 0.05) is 37.8 Å². The van der Waals surface area contributed by atoms with Gasteiger partial charge in [0.25, 0.3) is 0 Å². The van der Waals surface area contributed by atoms with Crippen LogP contribution in [0.4, 0.5) is 17.5 Å². The second-order valence-electron chi connectivity index (χ2n) is 8.06. The highest BCUT2D eigenvalue weighted by molar-refractivity contribution is 6.04. The number of nitrogens with zero attached hydrogens (tertiary/aromatic N) is 5. The summed E-state index contributed by atoms with van der Waals surface area (Å²) in [6.07, 6.45) is 4.56. The van der Waals surface area contributed by atoms with Crippen LogP contribution >= 0.6 is 0 Å². The minimum absolute atomic E-state index is 0.478. The summed E-state index contributed by atoms with van der Waals surface area (Å²) in [5.41, 5.74) is 3.67. The van der Waals surface area contributed by atoms with Gasteiger partial charge in [0.15, 0.2) is 5.58 Å². The zero-order chi connectivity index (χ0) is 20.5. The number of rotatable bonds is 5. The van der Waals surface area contributed by atoms with Gasteiger partial charge in [0.2, 0.25) is 5.95 Å². The third kappa shape index (κ3) is 3.66. The van der Waals surface area contributed by atoms with Crippen LogP contribution < -0.4 is 15.5 Å². The molecular formula is C22H25N7O. The minimum Gasteiger partial charge on any atom is -0.368 e. The molecule has 0 atom stereocenters. The summed E-state index contributed by atoms with van der Waals surface area (Å²) in [5.74, 6) is 1.70. The van der Waals surface area contributed by atoms with Crippen molar-refractivity contribution in [2.75, 3.05) is 36.4 Å². The maximum absolute atomic E-state index is 5.53. The van der Waals surface area contributed by atoms with E-state index in [2.05, 4.69) is 50.6 Å². The third-order valence-electron chi connectivity index (χ3n) is 5.33. The zero-order valence-electron chi connectivity index (χ0n) is 17.2. The van der Waals surface area contributed by atoms with Gasteiger partial charge in [-0.3, -0.25) is 0 Å². The van der Waals surface area contributed by atoms with Crippen LogP contribution in [0.15, 0.2) is 41.2 Å². The van der Waals surface area contributed by atoms with Crippen molar-refractivity contribution in [2.45, 2.75) is 20.3 Å². The van der Waals surface area contributed by atoms with Crippen LogP contribution in [-0.4, -0.2) is 46.3 Å². The molecule has 0 unspecified atom stereocenters. The van der Waals surface area contributed by atoms with E-state index in [1.54, 1.807) is 0 Å². The average Bonchev–Trinajstić information content (AvgIpc) is 3.17. The Morgan fingerprint density at radius 2 is 1.97 bits per heavy atom. The fourth-order valence-corrected chi connectivity index (χ4v) is 3.85. The van der Waals surface area contributed by atoms with E-state index in [1.807, 2.05) is 30.6 Å². The van der Waals surface area contributed by atoms with E-state index in [-0.39, 0.29) is 0 Å². The number of hydrogen-bond acceptors (Lipinski definition) is 8. The monoisotopic (exact) mass is 403 g/mol. The lowest BCUT2D eigenvalue weighted by Gasteiger charge is -2.29. The summed E-state index contributed by atoms with van der Waals surface area (Å²) in [6, 6.07) is 7.95. The molecular weight excluding hydrogens is 378 g/mol. The molecule has 0 amide bonds. The molecule has 4 aromatic rings. The number of aromatic nitrogens is 4. The molecule has 4 heterocycles. The summed E-state index contributed by atoms with van der Waals surface area (Å²) >= 11 is 0. The second kappa shape index (κ2) is 7.87. The first-order valence-electron chi connectivity index (χ1n) is 10.4. The SMILES string of the molecule is CC(C)Cc1noc2ccc3cnc(Nc4ccc(N5CCNCC5)cn4)nc3c12. The molecule has 0 saturated carbocycles. The maximum Gasteiger partial charge on any atom is 0.228 e. The Kier molecular flexibility index (Phi) is 4.92.